The molecule has 0 aliphatic rings. The maximum absolute atomic E-state index is 13.2. The number of halogens is 4. The average molecular weight is 638 g/mol. The fraction of sp³-hybridized carbons (Fsp3) is 0.452. The monoisotopic (exact) mass is 637 g/mol. The summed E-state index contributed by atoms with van der Waals surface area (Å²) < 4.78 is 45.5. The Morgan fingerprint density at radius 2 is 1.80 bits per heavy atom. The van der Waals surface area contributed by atoms with Gasteiger partial charge in [-0.1, -0.05) is 35.9 Å². The molecule has 240 valence electrons. The molecule has 0 aliphatic heterocycles. The van der Waals surface area contributed by atoms with Gasteiger partial charge in [0.25, 0.3) is 5.91 Å². The van der Waals surface area contributed by atoms with Crippen molar-refractivity contribution in [3.63, 3.8) is 0 Å². The van der Waals surface area contributed by atoms with E-state index in [-0.39, 0.29) is 35.3 Å². The summed E-state index contributed by atoms with van der Waals surface area (Å²) in [6.45, 7) is 7.16. The van der Waals surface area contributed by atoms with Crippen LogP contribution in [0.5, 0.6) is 5.75 Å². The molecule has 0 saturated carbocycles. The molecule has 1 aromatic heterocycles. The summed E-state index contributed by atoms with van der Waals surface area (Å²) in [7, 11) is 3.53. The van der Waals surface area contributed by atoms with E-state index in [0.717, 1.165) is 18.1 Å². The van der Waals surface area contributed by atoms with E-state index in [0.29, 0.717) is 24.5 Å². The minimum atomic E-state index is -4.57. The lowest BCUT2D eigenvalue weighted by atomic mass is 10.0. The van der Waals surface area contributed by atoms with Crippen LogP contribution in [0.4, 0.5) is 13.2 Å². The lowest BCUT2D eigenvalue weighted by Gasteiger charge is -2.21. The number of alkyl halides is 3. The lowest BCUT2D eigenvalue weighted by Crippen LogP contribution is -2.46. The quantitative estimate of drug-likeness (QED) is 0.249. The highest BCUT2D eigenvalue weighted by molar-refractivity contribution is 6.32. The van der Waals surface area contributed by atoms with Crippen LogP contribution in [-0.4, -0.2) is 76.9 Å². The van der Waals surface area contributed by atoms with Gasteiger partial charge in [-0.25, -0.2) is 4.98 Å². The zero-order valence-corrected chi connectivity index (χ0v) is 26.4. The number of aryl methyl sites for hydroxylation is 1. The van der Waals surface area contributed by atoms with Crippen LogP contribution >= 0.6 is 11.6 Å². The molecule has 0 bridgehead atoms. The standard InChI is InChI=1S/C31H39ClF3N5O4/c1-7-40-17-25(38-29(40)30(3,4)43)21-10-8-20(9-11-21)14-23(16-36-27(41)18-39(5)6)37-28(42)22-12-13-26(24(32)15-22)44-19(2)31(33,34)35/h8-13,15,17,19,23,43H,7,14,16,18H2,1-6H3,(H,36,41)(H,37,42)/t19-,23-/m1/s1. The zero-order valence-electron chi connectivity index (χ0n) is 25.6. The molecule has 0 spiro atoms. The predicted octanol–water partition coefficient (Wildman–Crippen LogP) is 4.80. The fourth-order valence-corrected chi connectivity index (χ4v) is 4.62. The molecular formula is C31H39ClF3N5O4. The summed E-state index contributed by atoms with van der Waals surface area (Å²) in [5.74, 6) is -0.374. The number of hydrogen-bond acceptors (Lipinski definition) is 6. The summed E-state index contributed by atoms with van der Waals surface area (Å²) in [6.07, 6.45) is -4.40. The van der Waals surface area contributed by atoms with E-state index >= 15 is 0 Å². The molecule has 3 N–H and O–H groups in total. The number of ether oxygens (including phenoxy) is 1. The van der Waals surface area contributed by atoms with Gasteiger partial charge in [-0.2, -0.15) is 13.2 Å². The third-order valence-corrected chi connectivity index (χ3v) is 6.99. The Hall–Kier alpha value is -3.61. The molecule has 2 aromatic carbocycles. The molecular weight excluding hydrogens is 599 g/mol. The van der Waals surface area contributed by atoms with Crippen LogP contribution in [0.25, 0.3) is 11.3 Å². The molecule has 1 heterocycles. The van der Waals surface area contributed by atoms with Crippen molar-refractivity contribution in [1.82, 2.24) is 25.1 Å². The third kappa shape index (κ3) is 9.70. The molecule has 3 rings (SSSR count). The van der Waals surface area contributed by atoms with Crippen molar-refractivity contribution < 1.29 is 32.6 Å². The topological polar surface area (TPSA) is 109 Å². The second kappa shape index (κ2) is 14.4. The molecule has 9 nitrogen and oxygen atoms in total. The lowest BCUT2D eigenvalue weighted by molar-refractivity contribution is -0.189. The Morgan fingerprint density at radius 1 is 1.14 bits per heavy atom. The van der Waals surface area contributed by atoms with Crippen molar-refractivity contribution >= 4 is 23.4 Å². The Bertz CT molecular complexity index is 1440. The number of aromatic nitrogens is 2. The van der Waals surface area contributed by atoms with Gasteiger partial charge in [0.1, 0.15) is 17.2 Å². The largest absolute Gasteiger partial charge is 0.480 e. The van der Waals surface area contributed by atoms with E-state index in [2.05, 4.69) is 15.6 Å². The van der Waals surface area contributed by atoms with Crippen LogP contribution in [0.2, 0.25) is 5.02 Å². The van der Waals surface area contributed by atoms with Crippen LogP contribution < -0.4 is 15.4 Å². The van der Waals surface area contributed by atoms with Gasteiger partial charge in [0.2, 0.25) is 5.91 Å². The third-order valence-electron chi connectivity index (χ3n) is 6.70. The molecule has 0 saturated heterocycles. The number of carbonyl (C=O) groups is 2. The Labute approximate surface area is 260 Å². The number of rotatable bonds is 13. The first-order valence-electron chi connectivity index (χ1n) is 14.1. The molecule has 0 radical (unpaired) electrons. The van der Waals surface area contributed by atoms with Crippen molar-refractivity contribution in [1.29, 1.82) is 0 Å². The van der Waals surface area contributed by atoms with Crippen LogP contribution in [0, 0.1) is 0 Å². The molecule has 0 aliphatic carbocycles. The Balaban J connectivity index is 1.78. The van der Waals surface area contributed by atoms with Gasteiger partial charge in [-0.15, -0.1) is 0 Å². The summed E-state index contributed by atoms with van der Waals surface area (Å²) in [5, 5.41) is 16.1. The van der Waals surface area contributed by atoms with E-state index in [1.165, 1.54) is 18.2 Å². The van der Waals surface area contributed by atoms with Gasteiger partial charge >= 0.3 is 6.18 Å². The van der Waals surface area contributed by atoms with E-state index < -0.39 is 29.8 Å². The zero-order chi connectivity index (χ0) is 32.8. The van der Waals surface area contributed by atoms with Crippen molar-refractivity contribution in [3.8, 4) is 17.0 Å². The number of aliphatic hydroxyl groups is 1. The highest BCUT2D eigenvalue weighted by Crippen LogP contribution is 2.31. The number of nitrogens with one attached hydrogen (secondary N) is 2. The number of nitrogens with zero attached hydrogens (tertiary/aromatic N) is 3. The first-order chi connectivity index (χ1) is 20.5. The first-order valence-corrected chi connectivity index (χ1v) is 14.5. The first kappa shape index (κ1) is 34.9. The van der Waals surface area contributed by atoms with Crippen LogP contribution in [-0.2, 0) is 23.4 Å². The van der Waals surface area contributed by atoms with Gasteiger partial charge in [0, 0.05) is 30.4 Å². The van der Waals surface area contributed by atoms with E-state index in [1.54, 1.807) is 32.8 Å². The molecule has 0 unspecified atom stereocenters. The number of benzene rings is 2. The van der Waals surface area contributed by atoms with E-state index in [1.807, 2.05) is 42.0 Å². The molecule has 0 fully saturated rings. The van der Waals surface area contributed by atoms with Crippen molar-refractivity contribution in [2.75, 3.05) is 27.2 Å². The maximum Gasteiger partial charge on any atom is 0.425 e. The summed E-state index contributed by atoms with van der Waals surface area (Å²) in [4.78, 5) is 31.8. The van der Waals surface area contributed by atoms with Crippen molar-refractivity contribution in [2.24, 2.45) is 0 Å². The molecule has 2 atom stereocenters. The van der Waals surface area contributed by atoms with Crippen LogP contribution in [0.15, 0.2) is 48.7 Å². The predicted molar refractivity (Wildman–Crippen MR) is 163 cm³/mol. The van der Waals surface area contributed by atoms with E-state index in [4.69, 9.17) is 16.3 Å². The number of hydrogen-bond donors (Lipinski definition) is 3. The smallest absolute Gasteiger partial charge is 0.425 e. The van der Waals surface area contributed by atoms with Crippen molar-refractivity contribution in [2.45, 2.75) is 64.6 Å². The van der Waals surface area contributed by atoms with Gasteiger partial charge in [0.15, 0.2) is 6.10 Å². The number of carbonyl (C=O) groups excluding carboxylic acids is 2. The molecule has 3 aromatic rings. The summed E-state index contributed by atoms with van der Waals surface area (Å²) in [5.41, 5.74) is 1.46. The minimum absolute atomic E-state index is 0.121. The van der Waals surface area contributed by atoms with Gasteiger partial charge in [-0.05, 0) is 72.0 Å². The van der Waals surface area contributed by atoms with E-state index in [9.17, 15) is 27.9 Å². The second-order valence-electron chi connectivity index (χ2n) is 11.4. The normalized spacial score (nSPS) is 13.5. The number of likely N-dealkylation sites (N-methyl/N-ethyl adjacent to an activating group) is 1. The minimum Gasteiger partial charge on any atom is -0.480 e. The van der Waals surface area contributed by atoms with Gasteiger partial charge in [0.05, 0.1) is 23.3 Å². The van der Waals surface area contributed by atoms with Crippen LogP contribution in [0.1, 0.15) is 49.4 Å². The summed E-state index contributed by atoms with van der Waals surface area (Å²) >= 11 is 6.14. The summed E-state index contributed by atoms with van der Waals surface area (Å²) in [6, 6.07) is 10.9. The highest BCUT2D eigenvalue weighted by atomic mass is 35.5. The van der Waals surface area contributed by atoms with Gasteiger partial charge < -0.3 is 29.9 Å². The van der Waals surface area contributed by atoms with Gasteiger partial charge in [-0.3, -0.25) is 9.59 Å². The Kier molecular flexibility index (Phi) is 11.5. The average Bonchev–Trinajstić information content (AvgIpc) is 3.38. The highest BCUT2D eigenvalue weighted by Gasteiger charge is 2.38. The fourth-order valence-electron chi connectivity index (χ4n) is 4.40. The molecule has 44 heavy (non-hydrogen) atoms. The van der Waals surface area contributed by atoms with Crippen LogP contribution in [0.3, 0.4) is 0 Å². The maximum atomic E-state index is 13.2. The number of imidazole rings is 1. The SMILES string of the molecule is CCn1cc(-c2ccc(C[C@H](CNC(=O)CN(C)C)NC(=O)c3ccc(O[C@H](C)C(F)(F)F)c(Cl)c3)cc2)nc1C(C)(C)O. The number of amides is 2. The molecule has 2 amide bonds. The Morgan fingerprint density at radius 3 is 2.32 bits per heavy atom. The van der Waals surface area contributed by atoms with Crippen molar-refractivity contribution in [3.05, 3.63) is 70.6 Å². The second-order valence-corrected chi connectivity index (χ2v) is 11.8. The molecule has 13 heteroatoms.